The lowest BCUT2D eigenvalue weighted by molar-refractivity contribution is 0.00253. The Morgan fingerprint density at radius 2 is 1.67 bits per heavy atom. The van der Waals surface area contributed by atoms with E-state index in [0.29, 0.717) is 24.2 Å². The highest BCUT2D eigenvalue weighted by molar-refractivity contribution is 5.97. The number of fused-ring (bicyclic) bond motifs is 2. The minimum atomic E-state index is -0.498. The van der Waals surface area contributed by atoms with Crippen molar-refractivity contribution in [1.29, 1.82) is 0 Å². The first-order chi connectivity index (χ1) is 11.2. The predicted octanol–water partition coefficient (Wildman–Crippen LogP) is 3.15. The number of aromatic nitrogens is 2. The third-order valence-corrected chi connectivity index (χ3v) is 4.77. The minimum absolute atomic E-state index is 0.0625. The first-order valence-electron chi connectivity index (χ1n) is 8.59. The lowest BCUT2D eigenvalue weighted by Gasteiger charge is -2.39. The molecule has 2 unspecified atom stereocenters. The van der Waals surface area contributed by atoms with Crippen LogP contribution in [0.15, 0.2) is 12.4 Å². The summed E-state index contributed by atoms with van der Waals surface area (Å²) in [5.41, 5.74) is 0.0679. The number of carbonyl (C=O) groups is 2. The molecule has 3 rings (SSSR count). The first-order valence-corrected chi connectivity index (χ1v) is 8.59. The number of Topliss-reactive ketones (excluding diaryl/α,β-unsaturated/α-hetero) is 1. The van der Waals surface area contributed by atoms with Crippen LogP contribution in [0, 0.1) is 12.8 Å². The molecule has 0 aromatic carbocycles. The second-order valence-electron chi connectivity index (χ2n) is 7.82. The Labute approximate surface area is 142 Å². The lowest BCUT2D eigenvalue weighted by atomic mass is 9.85. The Morgan fingerprint density at radius 3 is 2.17 bits per heavy atom. The largest absolute Gasteiger partial charge is 0.444 e. The molecule has 3 heterocycles. The molecule has 1 amide bonds. The molecule has 2 atom stereocenters. The number of amides is 1. The summed E-state index contributed by atoms with van der Waals surface area (Å²) in [6.45, 7) is 7.43. The van der Waals surface area contributed by atoms with Crippen molar-refractivity contribution in [3.8, 4) is 0 Å². The second-order valence-corrected chi connectivity index (χ2v) is 7.82. The van der Waals surface area contributed by atoms with E-state index in [0.717, 1.165) is 12.8 Å². The molecule has 2 aliphatic heterocycles. The molecule has 2 aliphatic rings. The van der Waals surface area contributed by atoms with Gasteiger partial charge in [0.15, 0.2) is 5.78 Å². The smallest absolute Gasteiger partial charge is 0.410 e. The van der Waals surface area contributed by atoms with E-state index in [1.54, 1.807) is 19.3 Å². The Morgan fingerprint density at radius 1 is 1.12 bits per heavy atom. The third kappa shape index (κ3) is 3.42. The van der Waals surface area contributed by atoms with Crippen LogP contribution >= 0.6 is 0 Å². The number of carbonyl (C=O) groups excluding carboxylic acids is 2. The van der Waals surface area contributed by atoms with Crippen LogP contribution in [-0.4, -0.2) is 44.4 Å². The van der Waals surface area contributed by atoms with E-state index in [1.807, 2.05) is 25.7 Å². The number of nitrogens with zero attached hydrogens (tertiary/aromatic N) is 3. The van der Waals surface area contributed by atoms with Crippen molar-refractivity contribution in [2.24, 2.45) is 5.92 Å². The van der Waals surface area contributed by atoms with E-state index < -0.39 is 5.60 Å². The van der Waals surface area contributed by atoms with Gasteiger partial charge in [-0.3, -0.25) is 4.79 Å². The van der Waals surface area contributed by atoms with Gasteiger partial charge >= 0.3 is 6.09 Å². The van der Waals surface area contributed by atoms with Crippen molar-refractivity contribution in [2.45, 2.75) is 71.1 Å². The SMILES string of the molecule is Cc1ncc(C(=O)C2CC3CCC(C2)N3C(=O)OC(C)(C)C)cn1. The first kappa shape index (κ1) is 16.9. The van der Waals surface area contributed by atoms with Crippen molar-refractivity contribution < 1.29 is 14.3 Å². The Bertz CT molecular complexity index is 622. The molecule has 0 N–H and O–H groups in total. The monoisotopic (exact) mass is 331 g/mol. The topological polar surface area (TPSA) is 72.4 Å². The number of rotatable bonds is 2. The summed E-state index contributed by atoms with van der Waals surface area (Å²) in [5.74, 6) is 0.689. The van der Waals surface area contributed by atoms with Crippen molar-refractivity contribution in [1.82, 2.24) is 14.9 Å². The van der Waals surface area contributed by atoms with Crippen LogP contribution in [0.25, 0.3) is 0 Å². The van der Waals surface area contributed by atoms with Gasteiger partial charge in [0.05, 0.1) is 5.56 Å². The molecule has 0 radical (unpaired) electrons. The molecule has 0 saturated carbocycles. The van der Waals surface area contributed by atoms with Crippen LogP contribution in [0.1, 0.15) is 62.6 Å². The average molecular weight is 331 g/mol. The molecule has 6 nitrogen and oxygen atoms in total. The summed E-state index contributed by atoms with van der Waals surface area (Å²) >= 11 is 0. The molecule has 2 fully saturated rings. The third-order valence-electron chi connectivity index (χ3n) is 4.77. The number of aryl methyl sites for hydroxylation is 1. The van der Waals surface area contributed by atoms with Gasteiger partial charge in [-0.15, -0.1) is 0 Å². The van der Waals surface area contributed by atoms with Crippen LogP contribution in [0.3, 0.4) is 0 Å². The maximum Gasteiger partial charge on any atom is 0.410 e. The molecule has 24 heavy (non-hydrogen) atoms. The number of ether oxygens (including phenoxy) is 1. The standard InChI is InChI=1S/C18H25N3O3/c1-11-19-9-13(10-20-11)16(22)12-7-14-5-6-15(8-12)21(14)17(23)24-18(2,3)4/h9-10,12,14-15H,5-8H2,1-4H3. The number of hydrogen-bond acceptors (Lipinski definition) is 5. The highest BCUT2D eigenvalue weighted by atomic mass is 16.6. The second kappa shape index (κ2) is 6.15. The molecule has 2 saturated heterocycles. The Balaban J connectivity index is 1.70. The van der Waals surface area contributed by atoms with Crippen LogP contribution in [0.2, 0.25) is 0 Å². The van der Waals surface area contributed by atoms with Gasteiger partial charge in [-0.25, -0.2) is 14.8 Å². The molecule has 1 aromatic heterocycles. The van der Waals surface area contributed by atoms with Gasteiger partial charge in [-0.05, 0) is 53.4 Å². The quantitative estimate of drug-likeness (QED) is 0.778. The van der Waals surface area contributed by atoms with Crippen LogP contribution in [0.4, 0.5) is 4.79 Å². The number of ketones is 1. The van der Waals surface area contributed by atoms with E-state index >= 15 is 0 Å². The van der Waals surface area contributed by atoms with E-state index in [2.05, 4.69) is 9.97 Å². The summed E-state index contributed by atoms with van der Waals surface area (Å²) < 4.78 is 5.53. The summed E-state index contributed by atoms with van der Waals surface area (Å²) in [4.78, 5) is 35.3. The van der Waals surface area contributed by atoms with Crippen LogP contribution in [-0.2, 0) is 4.74 Å². The van der Waals surface area contributed by atoms with E-state index in [9.17, 15) is 9.59 Å². The van der Waals surface area contributed by atoms with Crippen molar-refractivity contribution in [3.05, 3.63) is 23.8 Å². The zero-order valence-corrected chi connectivity index (χ0v) is 14.8. The van der Waals surface area contributed by atoms with Gasteiger partial charge in [0, 0.05) is 30.4 Å². The molecular formula is C18H25N3O3. The number of piperidine rings is 1. The fourth-order valence-corrected chi connectivity index (χ4v) is 3.76. The highest BCUT2D eigenvalue weighted by Gasteiger charge is 2.46. The Hall–Kier alpha value is -1.98. The van der Waals surface area contributed by atoms with Crippen LogP contribution in [0.5, 0.6) is 0 Å². The maximum absolute atomic E-state index is 12.7. The Kier molecular flexibility index (Phi) is 4.32. The van der Waals surface area contributed by atoms with Gasteiger partial charge in [0.2, 0.25) is 0 Å². The van der Waals surface area contributed by atoms with Gasteiger partial charge in [-0.1, -0.05) is 0 Å². The van der Waals surface area contributed by atoms with Crippen LogP contribution < -0.4 is 0 Å². The van der Waals surface area contributed by atoms with E-state index in [-0.39, 0.29) is 29.9 Å². The van der Waals surface area contributed by atoms with Crippen molar-refractivity contribution in [3.63, 3.8) is 0 Å². The predicted molar refractivity (Wildman–Crippen MR) is 88.7 cm³/mol. The molecule has 6 heteroatoms. The maximum atomic E-state index is 12.7. The van der Waals surface area contributed by atoms with Gasteiger partial charge in [-0.2, -0.15) is 0 Å². The lowest BCUT2D eigenvalue weighted by Crippen LogP contribution is -2.49. The molecular weight excluding hydrogens is 306 g/mol. The summed E-state index contributed by atoms with van der Waals surface area (Å²) in [6.07, 6.45) is 6.24. The number of hydrogen-bond donors (Lipinski definition) is 0. The summed E-state index contributed by atoms with van der Waals surface area (Å²) in [6, 6.07) is 0.192. The summed E-state index contributed by atoms with van der Waals surface area (Å²) in [7, 11) is 0. The minimum Gasteiger partial charge on any atom is -0.444 e. The van der Waals surface area contributed by atoms with Gasteiger partial charge in [0.25, 0.3) is 0 Å². The van der Waals surface area contributed by atoms with Gasteiger partial charge < -0.3 is 9.64 Å². The molecule has 130 valence electrons. The van der Waals surface area contributed by atoms with Crippen molar-refractivity contribution in [2.75, 3.05) is 0 Å². The van der Waals surface area contributed by atoms with Gasteiger partial charge in [0.1, 0.15) is 11.4 Å². The normalized spacial score (nSPS) is 26.3. The van der Waals surface area contributed by atoms with E-state index in [4.69, 9.17) is 4.74 Å². The zero-order chi connectivity index (χ0) is 17.5. The van der Waals surface area contributed by atoms with E-state index in [1.165, 1.54) is 0 Å². The van der Waals surface area contributed by atoms with Crippen molar-refractivity contribution >= 4 is 11.9 Å². The fourth-order valence-electron chi connectivity index (χ4n) is 3.76. The average Bonchev–Trinajstić information content (AvgIpc) is 2.76. The fraction of sp³-hybridized carbons (Fsp3) is 0.667. The molecule has 0 spiro atoms. The molecule has 2 bridgehead atoms. The highest BCUT2D eigenvalue weighted by Crippen LogP contribution is 2.40. The molecule has 1 aromatic rings. The molecule has 0 aliphatic carbocycles. The summed E-state index contributed by atoms with van der Waals surface area (Å²) in [5, 5.41) is 0. The zero-order valence-electron chi connectivity index (χ0n) is 14.8.